The molecule has 0 aromatic carbocycles. The van der Waals surface area contributed by atoms with Crippen LogP contribution in [0.1, 0.15) is 52.4 Å². The molecule has 0 unspecified atom stereocenters. The van der Waals surface area contributed by atoms with Crippen molar-refractivity contribution in [1.29, 1.82) is 0 Å². The van der Waals surface area contributed by atoms with Crippen molar-refractivity contribution < 1.29 is 17.7 Å². The van der Waals surface area contributed by atoms with Crippen molar-refractivity contribution in [2.24, 2.45) is 0 Å². The molecular formula is C18H42O4S3Si2. The predicted molar refractivity (Wildman–Crippen MR) is 130 cm³/mol. The third-order valence-corrected chi connectivity index (χ3v) is 16.8. The van der Waals surface area contributed by atoms with Gasteiger partial charge in [0, 0.05) is 39.9 Å². The zero-order chi connectivity index (χ0) is 20.4. The molecule has 4 nitrogen and oxygen atoms in total. The van der Waals surface area contributed by atoms with Crippen molar-refractivity contribution >= 4 is 48.5 Å². The van der Waals surface area contributed by atoms with Crippen LogP contribution in [0.25, 0.3) is 0 Å². The van der Waals surface area contributed by atoms with Crippen molar-refractivity contribution in [3.8, 4) is 0 Å². The molecule has 0 aliphatic heterocycles. The van der Waals surface area contributed by atoms with E-state index in [1.165, 1.54) is 38.5 Å². The van der Waals surface area contributed by atoms with Gasteiger partial charge < -0.3 is 17.7 Å². The Labute approximate surface area is 182 Å². The molecule has 0 aliphatic rings. The van der Waals surface area contributed by atoms with Gasteiger partial charge in [-0.2, -0.15) is 0 Å². The number of hydrogen-bond donors (Lipinski definition) is 0. The first-order valence-corrected chi connectivity index (χ1v) is 18.5. The van der Waals surface area contributed by atoms with Gasteiger partial charge in [0.1, 0.15) is 0 Å². The predicted octanol–water partition coefficient (Wildman–Crippen LogP) is 6.87. The van der Waals surface area contributed by atoms with Gasteiger partial charge in [-0.25, -0.2) is 0 Å². The minimum atomic E-state index is -1.94. The molecule has 0 bridgehead atoms. The molecule has 0 aromatic rings. The van der Waals surface area contributed by atoms with E-state index in [9.17, 15) is 0 Å². The van der Waals surface area contributed by atoms with Gasteiger partial charge in [-0.3, -0.25) is 0 Å². The van der Waals surface area contributed by atoms with E-state index in [0.29, 0.717) is 0 Å². The van der Waals surface area contributed by atoms with Gasteiger partial charge in [-0.05, 0) is 46.8 Å². The van der Waals surface area contributed by atoms with E-state index in [1.807, 2.05) is 59.9 Å². The second kappa shape index (κ2) is 18.1. The van der Waals surface area contributed by atoms with Crippen molar-refractivity contribution in [3.63, 3.8) is 0 Å². The van der Waals surface area contributed by atoms with Crippen LogP contribution in [0.15, 0.2) is 0 Å². The van der Waals surface area contributed by atoms with E-state index >= 15 is 0 Å². The lowest BCUT2D eigenvalue weighted by Gasteiger charge is -2.27. The highest BCUT2D eigenvalue weighted by Gasteiger charge is 2.34. The second-order valence-corrected chi connectivity index (χ2v) is 18.5. The highest BCUT2D eigenvalue weighted by Crippen LogP contribution is 2.37. The minimum Gasteiger partial charge on any atom is -0.398 e. The third-order valence-electron chi connectivity index (χ3n) is 4.98. The lowest BCUT2D eigenvalue weighted by atomic mass is 10.4. The Hall–Kier alpha value is 1.32. The van der Waals surface area contributed by atoms with Crippen LogP contribution in [0, 0.1) is 0 Å². The van der Waals surface area contributed by atoms with Crippen LogP contribution in [-0.4, -0.2) is 57.1 Å². The largest absolute Gasteiger partial charge is 0.398 e. The van der Waals surface area contributed by atoms with Crippen LogP contribution >= 0.6 is 31.4 Å². The standard InChI is InChI=1S/C18H42O4S3Si2/c1-7-9-15-26(19-3,20-4)17-11-13-23-25-24-14-12-18-27(21-5,22-6)16-10-8-2/h7-18H2,1-6H3. The summed E-state index contributed by atoms with van der Waals surface area (Å²) in [5.41, 5.74) is 0. The molecule has 0 atom stereocenters. The average Bonchev–Trinajstić information content (AvgIpc) is 2.72. The molecule has 27 heavy (non-hydrogen) atoms. The summed E-state index contributed by atoms with van der Waals surface area (Å²) in [6.45, 7) is 4.45. The molecule has 0 N–H and O–H groups in total. The Balaban J connectivity index is 3.84. The molecule has 0 aromatic heterocycles. The Morgan fingerprint density at radius 1 is 0.556 bits per heavy atom. The first kappa shape index (κ1) is 28.3. The topological polar surface area (TPSA) is 36.9 Å². The fourth-order valence-corrected chi connectivity index (χ4v) is 13.1. The Kier molecular flexibility index (Phi) is 19.0. The van der Waals surface area contributed by atoms with E-state index in [2.05, 4.69) is 13.8 Å². The van der Waals surface area contributed by atoms with Crippen molar-refractivity contribution in [2.45, 2.75) is 76.5 Å². The van der Waals surface area contributed by atoms with Crippen LogP contribution in [0.2, 0.25) is 24.2 Å². The molecule has 0 amide bonds. The zero-order valence-corrected chi connectivity index (χ0v) is 22.8. The first-order chi connectivity index (χ1) is 13.1. The third kappa shape index (κ3) is 12.6. The highest BCUT2D eigenvalue weighted by atomic mass is 33.5. The highest BCUT2D eigenvalue weighted by molar-refractivity contribution is 9.09. The van der Waals surface area contributed by atoms with Crippen LogP contribution in [0.4, 0.5) is 0 Å². The minimum absolute atomic E-state index is 1.10. The molecule has 0 spiro atoms. The summed E-state index contributed by atoms with van der Waals surface area (Å²) in [6, 6.07) is 4.44. The number of hydrogen-bond acceptors (Lipinski definition) is 7. The fraction of sp³-hybridized carbons (Fsp3) is 1.00. The molecule has 164 valence electrons. The van der Waals surface area contributed by atoms with Crippen molar-refractivity contribution in [3.05, 3.63) is 0 Å². The lowest BCUT2D eigenvalue weighted by Crippen LogP contribution is -2.39. The van der Waals surface area contributed by atoms with E-state index in [4.69, 9.17) is 17.7 Å². The smallest absolute Gasteiger partial charge is 0.337 e. The summed E-state index contributed by atoms with van der Waals surface area (Å²) >= 11 is 0. The van der Waals surface area contributed by atoms with Crippen LogP contribution in [0.5, 0.6) is 0 Å². The van der Waals surface area contributed by atoms with Crippen LogP contribution < -0.4 is 0 Å². The molecule has 0 fully saturated rings. The fourth-order valence-electron chi connectivity index (χ4n) is 3.03. The molecule has 0 rings (SSSR count). The van der Waals surface area contributed by atoms with Gasteiger partial charge in [0.25, 0.3) is 0 Å². The maximum Gasteiger partial charge on any atom is 0.337 e. The Morgan fingerprint density at radius 3 is 1.19 bits per heavy atom. The maximum atomic E-state index is 5.81. The summed E-state index contributed by atoms with van der Waals surface area (Å²) in [5, 5.41) is 0. The molecule has 0 saturated carbocycles. The van der Waals surface area contributed by atoms with Crippen molar-refractivity contribution in [2.75, 3.05) is 39.9 Å². The normalized spacial score (nSPS) is 12.7. The quantitative estimate of drug-likeness (QED) is 0.108. The molecule has 0 aliphatic carbocycles. The molecule has 9 heteroatoms. The van der Waals surface area contributed by atoms with E-state index < -0.39 is 17.1 Å². The molecule has 0 radical (unpaired) electrons. The summed E-state index contributed by atoms with van der Waals surface area (Å²) in [7, 11) is 9.27. The molecule has 0 saturated heterocycles. The van der Waals surface area contributed by atoms with Crippen LogP contribution in [-0.2, 0) is 17.7 Å². The van der Waals surface area contributed by atoms with E-state index in [1.54, 1.807) is 0 Å². The SMILES string of the molecule is CCCC[Si](CCCSSSCCC[Si](CCCC)(OC)OC)(OC)OC. The Bertz CT molecular complexity index is 304. The first-order valence-electron chi connectivity index (χ1n) is 10.2. The Morgan fingerprint density at radius 2 is 0.889 bits per heavy atom. The van der Waals surface area contributed by atoms with Crippen LogP contribution in [0.3, 0.4) is 0 Å². The average molecular weight is 475 g/mol. The number of unbranched alkanes of at least 4 members (excludes halogenated alkanes) is 2. The summed E-state index contributed by atoms with van der Waals surface area (Å²) < 4.78 is 23.2. The monoisotopic (exact) mass is 474 g/mol. The van der Waals surface area contributed by atoms with Gasteiger partial charge >= 0.3 is 17.1 Å². The second-order valence-electron chi connectivity index (χ2n) is 6.76. The van der Waals surface area contributed by atoms with Gasteiger partial charge in [0.15, 0.2) is 0 Å². The summed E-state index contributed by atoms with van der Waals surface area (Å²) in [6.07, 6.45) is 7.18. The van der Waals surface area contributed by atoms with Crippen molar-refractivity contribution in [1.82, 2.24) is 0 Å². The summed E-state index contributed by atoms with van der Waals surface area (Å²) in [5.74, 6) is 2.33. The van der Waals surface area contributed by atoms with E-state index in [0.717, 1.165) is 35.7 Å². The molecule has 0 heterocycles. The van der Waals surface area contributed by atoms with E-state index in [-0.39, 0.29) is 0 Å². The number of rotatable bonds is 20. The van der Waals surface area contributed by atoms with Gasteiger partial charge in [-0.15, -0.1) is 0 Å². The zero-order valence-electron chi connectivity index (χ0n) is 18.3. The van der Waals surface area contributed by atoms with Gasteiger partial charge in [0.2, 0.25) is 0 Å². The lowest BCUT2D eigenvalue weighted by molar-refractivity contribution is 0.239. The maximum absolute atomic E-state index is 5.81. The molecular weight excluding hydrogens is 433 g/mol. The van der Waals surface area contributed by atoms with Gasteiger partial charge in [0.05, 0.1) is 0 Å². The summed E-state index contributed by atoms with van der Waals surface area (Å²) in [4.78, 5) is 0. The van der Waals surface area contributed by atoms with Gasteiger partial charge in [-0.1, -0.05) is 61.1 Å².